The summed E-state index contributed by atoms with van der Waals surface area (Å²) in [6.45, 7) is 3.70. The molecule has 12 heteroatoms. The number of ether oxygens (including phenoxy) is 1. The number of hydrogen-bond acceptors (Lipinski definition) is 11. The second-order valence-electron chi connectivity index (χ2n) is 26.4. The van der Waals surface area contributed by atoms with Crippen molar-refractivity contribution in [2.45, 2.75) is 164 Å². The Kier molecular flexibility index (Phi) is 17.4. The lowest BCUT2D eigenvalue weighted by molar-refractivity contribution is -0.142. The Balaban J connectivity index is 1.02. The van der Waals surface area contributed by atoms with Crippen molar-refractivity contribution < 1.29 is 39.9 Å². The number of phenols is 2. The number of ketones is 2. The van der Waals surface area contributed by atoms with Crippen molar-refractivity contribution in [3.8, 4) is 40.9 Å². The number of benzene rings is 4. The summed E-state index contributed by atoms with van der Waals surface area (Å²) in [5, 5.41) is 73.2. The average molecular weight is 1150 g/mol. The molecule has 3 fully saturated rings. The van der Waals surface area contributed by atoms with Crippen molar-refractivity contribution in [2.24, 2.45) is 40.9 Å². The van der Waals surface area contributed by atoms with Gasteiger partial charge < -0.3 is 51.2 Å². The molecule has 446 valence electrons. The van der Waals surface area contributed by atoms with E-state index in [2.05, 4.69) is 76.0 Å². The molecule has 12 atom stereocenters. The van der Waals surface area contributed by atoms with E-state index in [1.54, 1.807) is 12.1 Å². The molecule has 3 heterocycles. The number of aliphatic hydroxyl groups excluding tert-OH is 3. The van der Waals surface area contributed by atoms with Crippen LogP contribution in [0, 0.1) is 64.6 Å². The molecule has 12 rings (SSSR count). The number of Topliss-reactive ketones (excluding diaryl/α,β-unsaturated/α-hetero) is 2. The molecule has 7 aliphatic rings. The second kappa shape index (κ2) is 25.3. The zero-order valence-corrected chi connectivity index (χ0v) is 49.6. The van der Waals surface area contributed by atoms with Gasteiger partial charge in [-0.15, -0.1) is 0 Å². The summed E-state index contributed by atoms with van der Waals surface area (Å²) < 4.78 is 5.59. The van der Waals surface area contributed by atoms with E-state index in [-0.39, 0.29) is 71.5 Å². The highest BCUT2D eigenvalue weighted by molar-refractivity contribution is 6.06. The normalized spacial score (nSPS) is 31.0. The Morgan fingerprint density at radius 2 is 1.56 bits per heavy atom. The first-order valence-electron chi connectivity index (χ1n) is 31.9. The number of hydrogen-bond donors (Lipinski definition) is 9. The molecule has 9 N–H and O–H groups in total. The lowest BCUT2D eigenvalue weighted by Crippen LogP contribution is -2.53. The fraction of sp³-hybridized carbons (Fsp3) is 0.507. The highest BCUT2D eigenvalue weighted by Gasteiger charge is 2.54. The molecule has 11 bridgehead atoms. The van der Waals surface area contributed by atoms with E-state index in [1.165, 1.54) is 13.5 Å². The number of phenolic OH excluding ortho intramolecular Hbond substituents is 2. The van der Waals surface area contributed by atoms with Crippen LogP contribution in [0.3, 0.4) is 0 Å². The van der Waals surface area contributed by atoms with Crippen LogP contribution in [0.15, 0.2) is 109 Å². The Labute approximate surface area is 501 Å². The summed E-state index contributed by atoms with van der Waals surface area (Å²) >= 11 is 0. The molecule has 3 saturated carbocycles. The molecule has 12 nitrogen and oxygen atoms in total. The lowest BCUT2D eigenvalue weighted by atomic mass is 9.55. The van der Waals surface area contributed by atoms with Crippen molar-refractivity contribution >= 4 is 28.0 Å². The van der Waals surface area contributed by atoms with E-state index >= 15 is 4.79 Å². The monoisotopic (exact) mass is 1150 g/mol. The summed E-state index contributed by atoms with van der Waals surface area (Å²) in [7, 11) is 1.49. The van der Waals surface area contributed by atoms with Crippen molar-refractivity contribution in [3.05, 3.63) is 142 Å². The standard InChI is InChI=1S/C73H86N4O8/c1-45-42-74-44-57(78)36-52-17-16-49-18-21-56(40-62(49)68(52)81)77-67-35-46(25-31-75-67)32-47-33-50-19-22-58(48-12-5-3-6-13-48)60-41-64(80)65(85-2)38-51(60)20-23-63(79)70(83)69(82)61(50)37-53(34-47)59-15-11-28-72(26-8-4-9-27-72)30-24-55-14-7-10-29-73(55,71(59)84)66-39-54(45)43-76-66/h3,5-6,12-13,16-18,21,25,35,38-41,43,45,47,50,53,55,57-59,61,70-71,74-78,80-81,83-84H,4,7-11,14-15,20,23,26-29,31-34,36-37,42,44H2,1-2H3/t45-,47+,50-,53-,55+,57+,58+,59-,61+,70-,71-,73-/m1/s1. The van der Waals surface area contributed by atoms with Gasteiger partial charge in [-0.05, 0) is 169 Å². The summed E-state index contributed by atoms with van der Waals surface area (Å²) in [5.41, 5.74) is 6.25. The summed E-state index contributed by atoms with van der Waals surface area (Å²) in [5.74, 6) is 13.2. The number of nitrogens with one attached hydrogen (secondary N) is 4. The van der Waals surface area contributed by atoms with Gasteiger partial charge >= 0.3 is 0 Å². The smallest absolute Gasteiger partial charge is 0.173 e. The van der Waals surface area contributed by atoms with Crippen molar-refractivity contribution in [2.75, 3.05) is 32.1 Å². The van der Waals surface area contributed by atoms with Crippen LogP contribution in [0.2, 0.25) is 0 Å². The summed E-state index contributed by atoms with van der Waals surface area (Å²) in [6.07, 6.45) is 17.5. The zero-order valence-electron chi connectivity index (χ0n) is 49.6. The highest BCUT2D eigenvalue weighted by atomic mass is 16.5. The third-order valence-electron chi connectivity index (χ3n) is 21.1. The fourth-order valence-electron chi connectivity index (χ4n) is 16.4. The molecule has 0 saturated heterocycles. The molecule has 0 amide bonds. The van der Waals surface area contributed by atoms with Gasteiger partial charge in [0.1, 0.15) is 11.6 Å². The largest absolute Gasteiger partial charge is 0.507 e. The Bertz CT molecular complexity index is 3460. The van der Waals surface area contributed by atoms with Gasteiger partial charge in [0.2, 0.25) is 0 Å². The maximum Gasteiger partial charge on any atom is 0.173 e. The molecule has 0 radical (unpaired) electrons. The van der Waals surface area contributed by atoms with Crippen LogP contribution in [0.25, 0.3) is 10.8 Å². The van der Waals surface area contributed by atoms with E-state index in [9.17, 15) is 30.3 Å². The molecule has 2 spiro atoms. The third-order valence-corrected chi connectivity index (χ3v) is 21.1. The summed E-state index contributed by atoms with van der Waals surface area (Å²) in [4.78, 5) is 33.9. The topological polar surface area (TPSA) is 196 Å². The molecular weight excluding hydrogens is 1060 g/mol. The first-order valence-corrected chi connectivity index (χ1v) is 31.9. The van der Waals surface area contributed by atoms with Crippen LogP contribution in [0.1, 0.15) is 161 Å². The summed E-state index contributed by atoms with van der Waals surface area (Å²) in [6, 6.07) is 25.6. The molecular formula is C73H86N4O8. The Hall–Kier alpha value is -6.80. The number of methoxy groups -OCH3 is 1. The number of dihydropyridines is 1. The highest BCUT2D eigenvalue weighted by Crippen LogP contribution is 2.54. The number of anilines is 1. The number of aromatic amines is 1. The predicted octanol–water partition coefficient (Wildman–Crippen LogP) is 11.5. The quantitative estimate of drug-likeness (QED) is 0.0603. The van der Waals surface area contributed by atoms with Gasteiger partial charge in [0.25, 0.3) is 0 Å². The van der Waals surface area contributed by atoms with E-state index in [1.807, 2.05) is 60.7 Å². The van der Waals surface area contributed by atoms with Gasteiger partial charge in [-0.3, -0.25) is 9.59 Å². The zero-order chi connectivity index (χ0) is 58.8. The van der Waals surface area contributed by atoms with E-state index in [0.29, 0.717) is 56.3 Å². The molecule has 5 aromatic rings. The van der Waals surface area contributed by atoms with Gasteiger partial charge in [0.05, 0.1) is 30.7 Å². The minimum absolute atomic E-state index is 0.0306. The Morgan fingerprint density at radius 3 is 2.40 bits per heavy atom. The SMILES string of the molecule is COc1cc2c(cc1O)[C@H](c1ccccc1)C#C[C@@H]1C[C@@H]3CC4=CCNC(=C4)Nc4ccc5ccc(c(O)c5c4)C[C@H](O)CNC[C@@H](C)c4c[nH]c(c4)[C@@]45CCCC[C@H]4C#CC4(CCCCC4)CCC[C@H]([C@H](C3)C[C@@H]1C(=O)[C@H](O)C(=O)CC2)[C@H]5O. The van der Waals surface area contributed by atoms with Crippen LogP contribution < -0.4 is 20.7 Å². The minimum atomic E-state index is -1.86. The number of aromatic nitrogens is 1. The van der Waals surface area contributed by atoms with Crippen LogP contribution in [0.4, 0.5) is 5.69 Å². The van der Waals surface area contributed by atoms with Gasteiger partial charge in [-0.1, -0.05) is 124 Å². The van der Waals surface area contributed by atoms with Gasteiger partial charge in [-0.2, -0.15) is 0 Å². The number of aliphatic hydroxyl groups is 3. The van der Waals surface area contributed by atoms with Crippen molar-refractivity contribution in [1.29, 1.82) is 0 Å². The third kappa shape index (κ3) is 12.2. The van der Waals surface area contributed by atoms with Crippen LogP contribution >= 0.6 is 0 Å². The number of aryl methyl sites for hydroxylation is 1. The second-order valence-corrected chi connectivity index (χ2v) is 26.4. The predicted molar refractivity (Wildman–Crippen MR) is 333 cm³/mol. The number of fused-ring (bicyclic) bond motifs is 11. The minimum Gasteiger partial charge on any atom is -0.507 e. The first kappa shape index (κ1) is 58.6. The number of allylic oxidation sites excluding steroid dienone is 2. The Morgan fingerprint density at radius 1 is 0.753 bits per heavy atom. The van der Waals surface area contributed by atoms with E-state index < -0.39 is 53.0 Å². The maximum atomic E-state index is 15.6. The lowest BCUT2D eigenvalue weighted by Gasteiger charge is -2.50. The average Bonchev–Trinajstić information content (AvgIpc) is 3.60. The first-order chi connectivity index (χ1) is 41.3. The van der Waals surface area contributed by atoms with Gasteiger partial charge in [-0.25, -0.2) is 0 Å². The number of carbonyl (C=O) groups is 2. The van der Waals surface area contributed by atoms with Crippen molar-refractivity contribution in [1.82, 2.24) is 15.6 Å². The number of carbonyl (C=O) groups excluding carboxylic acids is 2. The molecule has 85 heavy (non-hydrogen) atoms. The van der Waals surface area contributed by atoms with Crippen LogP contribution in [0.5, 0.6) is 17.2 Å². The number of H-pyrrole nitrogens is 1. The molecule has 2 aliphatic heterocycles. The number of rotatable bonds is 2. The number of β-amino-alcohol motifs (C(OH)–C–C–N with tert-alkyl or cyclic N) is 1. The molecule has 0 unspecified atom stereocenters. The molecule has 5 aliphatic carbocycles. The molecule has 4 aromatic carbocycles. The number of aromatic hydroxyl groups is 2. The van der Waals surface area contributed by atoms with Crippen molar-refractivity contribution in [3.63, 3.8) is 0 Å². The van der Waals surface area contributed by atoms with Gasteiger partial charge in [0, 0.05) is 78.6 Å². The maximum absolute atomic E-state index is 15.6. The van der Waals surface area contributed by atoms with Crippen LogP contribution in [-0.2, 0) is 27.8 Å². The van der Waals surface area contributed by atoms with Crippen LogP contribution in [-0.4, -0.2) is 87.1 Å². The van der Waals surface area contributed by atoms with E-state index in [4.69, 9.17) is 4.74 Å². The fourth-order valence-corrected chi connectivity index (χ4v) is 16.4. The van der Waals surface area contributed by atoms with Gasteiger partial charge in [0.15, 0.2) is 29.2 Å². The van der Waals surface area contributed by atoms with E-state index in [0.717, 1.165) is 121 Å². The molecule has 1 aromatic heterocycles.